The number of nitrogens with one attached hydrogen (secondary N) is 2. The minimum atomic E-state index is -4.00. The Hall–Kier alpha value is -4.17. The van der Waals surface area contributed by atoms with Crippen molar-refractivity contribution in [3.63, 3.8) is 0 Å². The van der Waals surface area contributed by atoms with Crippen molar-refractivity contribution < 1.29 is 32.5 Å². The van der Waals surface area contributed by atoms with Crippen LogP contribution in [0.1, 0.15) is 17.3 Å². The third-order valence-electron chi connectivity index (χ3n) is 4.13. The number of aromatic nitrogens is 1. The van der Waals surface area contributed by atoms with Crippen LogP contribution in [0.5, 0.6) is 0 Å². The Morgan fingerprint density at radius 2 is 1.71 bits per heavy atom. The molecular formula is C20H16N4O8S2. The first kappa shape index (κ1) is 24.5. The summed E-state index contributed by atoms with van der Waals surface area (Å²) in [6, 6.07) is 10.2. The second-order valence-corrected chi connectivity index (χ2v) is 9.83. The van der Waals surface area contributed by atoms with E-state index < -0.39 is 33.2 Å². The molecular weight excluding hydrogens is 488 g/mol. The van der Waals surface area contributed by atoms with Crippen molar-refractivity contribution in [3.8, 4) is 0 Å². The fourth-order valence-corrected chi connectivity index (χ4v) is 5.02. The summed E-state index contributed by atoms with van der Waals surface area (Å²) in [6.07, 6.45) is 1.04. The highest BCUT2D eigenvalue weighted by Gasteiger charge is 2.22. The molecule has 0 fully saturated rings. The Bertz CT molecular complexity index is 1350. The summed E-state index contributed by atoms with van der Waals surface area (Å²) in [5.41, 5.74) is 0.395. The molecule has 0 saturated carbocycles. The van der Waals surface area contributed by atoms with Crippen LogP contribution >= 0.6 is 11.3 Å². The second kappa shape index (κ2) is 10.2. The molecule has 0 bridgehead atoms. The zero-order chi connectivity index (χ0) is 24.9. The van der Waals surface area contributed by atoms with E-state index >= 15 is 0 Å². The third-order valence-corrected chi connectivity index (χ3v) is 7.27. The van der Waals surface area contributed by atoms with Gasteiger partial charge in [-0.3, -0.25) is 25.0 Å². The number of benzene rings is 2. The summed E-state index contributed by atoms with van der Waals surface area (Å²) in [5, 5.41) is 15.6. The molecule has 0 unspecified atom stereocenters. The van der Waals surface area contributed by atoms with Gasteiger partial charge in [-0.05, 0) is 36.4 Å². The van der Waals surface area contributed by atoms with E-state index in [9.17, 15) is 32.9 Å². The van der Waals surface area contributed by atoms with Crippen LogP contribution in [0.3, 0.4) is 0 Å². The summed E-state index contributed by atoms with van der Waals surface area (Å²) in [4.78, 5) is 48.9. The molecule has 3 rings (SSSR count). The average Bonchev–Trinajstić information content (AvgIpc) is 3.27. The Kier molecular flexibility index (Phi) is 7.33. The number of hydrogen-bond acceptors (Lipinski definition) is 10. The summed E-state index contributed by atoms with van der Waals surface area (Å²) in [7, 11) is -4.00. The maximum absolute atomic E-state index is 12.7. The lowest BCUT2D eigenvalue weighted by Crippen LogP contribution is -2.20. The van der Waals surface area contributed by atoms with E-state index in [2.05, 4.69) is 15.6 Å². The Morgan fingerprint density at radius 3 is 2.29 bits per heavy atom. The maximum Gasteiger partial charge on any atom is 0.338 e. The molecule has 0 atom stereocenters. The van der Waals surface area contributed by atoms with Gasteiger partial charge in [-0.2, -0.15) is 0 Å². The van der Waals surface area contributed by atoms with E-state index in [1.807, 2.05) is 0 Å². The van der Waals surface area contributed by atoms with Gasteiger partial charge in [-0.25, -0.2) is 18.2 Å². The smallest absolute Gasteiger partial charge is 0.338 e. The van der Waals surface area contributed by atoms with Crippen LogP contribution in [-0.2, 0) is 24.2 Å². The summed E-state index contributed by atoms with van der Waals surface area (Å²) >= 11 is 0.671. The normalized spacial score (nSPS) is 10.9. The predicted molar refractivity (Wildman–Crippen MR) is 120 cm³/mol. The fourth-order valence-electron chi connectivity index (χ4n) is 2.57. The number of anilines is 2. The van der Waals surface area contributed by atoms with E-state index in [4.69, 9.17) is 4.74 Å². The molecule has 0 aliphatic carbocycles. The van der Waals surface area contributed by atoms with Gasteiger partial charge in [0.25, 0.3) is 11.6 Å². The van der Waals surface area contributed by atoms with Crippen LogP contribution < -0.4 is 10.6 Å². The number of ether oxygens (including phenoxy) is 1. The van der Waals surface area contributed by atoms with E-state index in [1.165, 1.54) is 31.2 Å². The van der Waals surface area contributed by atoms with E-state index in [-0.39, 0.29) is 31.4 Å². The quantitative estimate of drug-likeness (QED) is 0.265. The van der Waals surface area contributed by atoms with Gasteiger partial charge in [-0.1, -0.05) is 11.3 Å². The van der Waals surface area contributed by atoms with Gasteiger partial charge in [0.15, 0.2) is 11.7 Å². The second-order valence-electron chi connectivity index (χ2n) is 6.62. The monoisotopic (exact) mass is 504 g/mol. The lowest BCUT2D eigenvalue weighted by molar-refractivity contribution is -0.384. The molecule has 0 spiro atoms. The number of thiazole rings is 1. The number of amides is 2. The molecule has 2 aromatic carbocycles. The molecule has 0 aliphatic heterocycles. The number of nitro benzene ring substituents is 1. The highest BCUT2D eigenvalue weighted by atomic mass is 32.2. The number of non-ortho nitro benzene ring substituents is 1. The van der Waals surface area contributed by atoms with Crippen LogP contribution in [0.25, 0.3) is 0 Å². The van der Waals surface area contributed by atoms with Crippen LogP contribution in [0.4, 0.5) is 16.5 Å². The van der Waals surface area contributed by atoms with Crippen molar-refractivity contribution in [1.29, 1.82) is 0 Å². The number of hydrogen-bond donors (Lipinski definition) is 2. The summed E-state index contributed by atoms with van der Waals surface area (Å²) in [5.74, 6) is -1.78. The Balaban J connectivity index is 1.58. The molecule has 14 heteroatoms. The third kappa shape index (κ3) is 5.99. The molecule has 1 heterocycles. The zero-order valence-electron chi connectivity index (χ0n) is 17.4. The van der Waals surface area contributed by atoms with Gasteiger partial charge in [0, 0.05) is 24.7 Å². The standard InChI is InChI=1S/C20H16N4O8S2/c1-12(25)22-14-4-2-13(3-5-14)19(27)32-11-17(26)23-20-21-10-18(33-20)34(30,31)16-8-6-15(7-9-16)24(28)29/h2-10H,11H2,1H3,(H,22,25)(H,21,23,26). The molecule has 2 amide bonds. The molecule has 0 aliphatic rings. The van der Waals surface area contributed by atoms with Crippen molar-refractivity contribution in [3.05, 3.63) is 70.4 Å². The molecule has 176 valence electrons. The first-order valence-electron chi connectivity index (χ1n) is 9.36. The molecule has 3 aromatic rings. The number of esters is 1. The van der Waals surface area contributed by atoms with Gasteiger partial charge in [0.2, 0.25) is 15.7 Å². The first-order valence-corrected chi connectivity index (χ1v) is 11.7. The van der Waals surface area contributed by atoms with Crippen molar-refractivity contribution in [2.75, 3.05) is 17.2 Å². The topological polar surface area (TPSA) is 175 Å². The van der Waals surface area contributed by atoms with Gasteiger partial charge >= 0.3 is 5.97 Å². The Labute approximate surface area is 196 Å². The SMILES string of the molecule is CC(=O)Nc1ccc(C(=O)OCC(=O)Nc2ncc(S(=O)(=O)c3ccc([N+](=O)[O-])cc3)s2)cc1. The van der Waals surface area contributed by atoms with Crippen molar-refractivity contribution >= 4 is 55.5 Å². The molecule has 12 nitrogen and oxygen atoms in total. The number of carbonyl (C=O) groups is 3. The number of carbonyl (C=O) groups excluding carboxylic acids is 3. The molecule has 34 heavy (non-hydrogen) atoms. The van der Waals surface area contributed by atoms with Crippen molar-refractivity contribution in [2.24, 2.45) is 0 Å². The van der Waals surface area contributed by atoms with Crippen LogP contribution in [0.2, 0.25) is 0 Å². The lowest BCUT2D eigenvalue weighted by atomic mass is 10.2. The highest BCUT2D eigenvalue weighted by molar-refractivity contribution is 7.93. The van der Waals surface area contributed by atoms with Crippen LogP contribution in [0.15, 0.2) is 63.8 Å². The van der Waals surface area contributed by atoms with E-state index in [0.29, 0.717) is 17.0 Å². The highest BCUT2D eigenvalue weighted by Crippen LogP contribution is 2.29. The molecule has 0 saturated heterocycles. The molecule has 2 N–H and O–H groups in total. The minimum Gasteiger partial charge on any atom is -0.452 e. The minimum absolute atomic E-state index is 0.0406. The van der Waals surface area contributed by atoms with Gasteiger partial charge < -0.3 is 10.1 Å². The van der Waals surface area contributed by atoms with Crippen molar-refractivity contribution in [2.45, 2.75) is 16.0 Å². The molecule has 0 radical (unpaired) electrons. The van der Waals surface area contributed by atoms with Crippen LogP contribution in [0, 0.1) is 10.1 Å². The van der Waals surface area contributed by atoms with Crippen molar-refractivity contribution in [1.82, 2.24) is 4.98 Å². The van der Waals surface area contributed by atoms with E-state index in [0.717, 1.165) is 30.5 Å². The lowest BCUT2D eigenvalue weighted by Gasteiger charge is -2.06. The Morgan fingerprint density at radius 1 is 1.06 bits per heavy atom. The zero-order valence-corrected chi connectivity index (χ0v) is 19.0. The number of nitro groups is 1. The predicted octanol–water partition coefficient (Wildman–Crippen LogP) is 2.64. The van der Waals surface area contributed by atoms with E-state index in [1.54, 1.807) is 0 Å². The maximum atomic E-state index is 12.7. The number of sulfone groups is 1. The molecule has 1 aromatic heterocycles. The van der Waals surface area contributed by atoms with Gasteiger partial charge in [0.05, 0.1) is 21.6 Å². The number of nitrogens with zero attached hydrogens (tertiary/aromatic N) is 2. The van der Waals surface area contributed by atoms with Gasteiger partial charge in [-0.15, -0.1) is 0 Å². The van der Waals surface area contributed by atoms with Gasteiger partial charge in [0.1, 0.15) is 4.21 Å². The summed E-state index contributed by atoms with van der Waals surface area (Å²) < 4.78 is 30.1. The first-order chi connectivity index (χ1) is 16.1. The number of rotatable bonds is 8. The van der Waals surface area contributed by atoms with Crippen LogP contribution in [-0.4, -0.2) is 42.7 Å². The largest absolute Gasteiger partial charge is 0.452 e. The summed E-state index contributed by atoms with van der Waals surface area (Å²) in [6.45, 7) is 0.702. The average molecular weight is 505 g/mol. The fraction of sp³-hybridized carbons (Fsp3) is 0.100.